The van der Waals surface area contributed by atoms with Gasteiger partial charge in [0.25, 0.3) is 0 Å². The molecule has 0 bridgehead atoms. The molecule has 2 N–H and O–H groups in total. The third-order valence-corrected chi connectivity index (χ3v) is 4.32. The summed E-state index contributed by atoms with van der Waals surface area (Å²) in [4.78, 5) is 9.97. The maximum Gasteiger partial charge on any atom is 0.115 e. The molecule has 4 heteroatoms. The number of aromatic nitrogens is 2. The van der Waals surface area contributed by atoms with E-state index in [1.54, 1.807) is 24.3 Å². The highest BCUT2D eigenvalue weighted by molar-refractivity contribution is 5.69. The molecule has 1 heterocycles. The van der Waals surface area contributed by atoms with Gasteiger partial charge in [-0.05, 0) is 60.4 Å². The Morgan fingerprint density at radius 2 is 0.885 bits per heavy atom. The minimum Gasteiger partial charge on any atom is -0.508 e. The average Bonchev–Trinajstić information content (AvgIpc) is 2.62. The number of aromatic hydroxyl groups is 2. The van der Waals surface area contributed by atoms with Crippen LogP contribution in [-0.4, -0.2) is 20.2 Å². The summed E-state index contributed by atoms with van der Waals surface area (Å²) < 4.78 is 0. The first-order valence-electron chi connectivity index (χ1n) is 8.87. The predicted molar refractivity (Wildman–Crippen MR) is 104 cm³/mol. The van der Waals surface area contributed by atoms with Crippen LogP contribution in [0, 0.1) is 0 Å². The molecule has 3 aromatic rings. The minimum atomic E-state index is 0.198. The summed E-state index contributed by atoms with van der Waals surface area (Å²) >= 11 is 0. The molecule has 4 nitrogen and oxygen atoms in total. The van der Waals surface area contributed by atoms with E-state index in [9.17, 15) is 10.2 Å². The largest absolute Gasteiger partial charge is 0.508 e. The first kappa shape index (κ1) is 17.9. The van der Waals surface area contributed by atoms with Crippen LogP contribution in [0.5, 0.6) is 11.5 Å². The maximum atomic E-state index is 9.58. The van der Waals surface area contributed by atoms with Gasteiger partial charge in [-0.25, -0.2) is 9.97 Å². The first-order chi connectivity index (χ1) is 12.4. The summed E-state index contributed by atoms with van der Waals surface area (Å²) in [7, 11) is 0. The Labute approximate surface area is 154 Å². The first-order valence-corrected chi connectivity index (χ1v) is 8.87. The van der Waals surface area contributed by atoms with Crippen LogP contribution in [0.2, 0.25) is 0 Å². The number of hydrogen-bond donors (Lipinski definition) is 2. The monoisotopic (exact) mass is 348 g/mol. The van der Waals surface area contributed by atoms with E-state index in [0.29, 0.717) is 0 Å². The summed E-state index contributed by atoms with van der Waals surface area (Å²) in [5, 5.41) is 19.2. The quantitative estimate of drug-likeness (QED) is 0.656. The lowest BCUT2D eigenvalue weighted by Gasteiger charge is -2.19. The SMILES string of the molecule is CC(C)c1nc(-c2ccc(O)cc2)c(C(C)C)nc1-c1ccc(O)cc1. The molecular formula is C22H24N2O2. The second-order valence-electron chi connectivity index (χ2n) is 7.09. The molecule has 2 aromatic carbocycles. The molecular weight excluding hydrogens is 324 g/mol. The Morgan fingerprint density at radius 3 is 1.15 bits per heavy atom. The molecule has 0 unspecified atom stereocenters. The Hall–Kier alpha value is -2.88. The van der Waals surface area contributed by atoms with Crippen LogP contribution in [-0.2, 0) is 0 Å². The van der Waals surface area contributed by atoms with Gasteiger partial charge in [-0.1, -0.05) is 27.7 Å². The fourth-order valence-electron chi connectivity index (χ4n) is 2.93. The van der Waals surface area contributed by atoms with Crippen LogP contribution in [0.3, 0.4) is 0 Å². The molecule has 1 aromatic heterocycles. The standard InChI is InChI=1S/C22H24N2O2/c1-13(2)19-21(15-5-9-17(25)10-6-15)24-20(14(3)4)22(23-19)16-7-11-18(26)12-8-16/h5-14,25-26H,1-4H3. The molecule has 0 aliphatic heterocycles. The van der Waals surface area contributed by atoms with Gasteiger partial charge in [0.05, 0.1) is 22.8 Å². The van der Waals surface area contributed by atoms with Crippen molar-refractivity contribution in [3.8, 4) is 34.0 Å². The van der Waals surface area contributed by atoms with Crippen LogP contribution in [0.25, 0.3) is 22.5 Å². The smallest absolute Gasteiger partial charge is 0.115 e. The highest BCUT2D eigenvalue weighted by Crippen LogP contribution is 2.34. The second kappa shape index (κ2) is 7.16. The van der Waals surface area contributed by atoms with E-state index in [0.717, 1.165) is 33.9 Å². The van der Waals surface area contributed by atoms with Gasteiger partial charge in [0.15, 0.2) is 0 Å². The Kier molecular flexibility index (Phi) is 4.94. The molecule has 3 rings (SSSR count). The van der Waals surface area contributed by atoms with Crippen molar-refractivity contribution in [2.24, 2.45) is 0 Å². The van der Waals surface area contributed by atoms with Crippen molar-refractivity contribution >= 4 is 0 Å². The van der Waals surface area contributed by atoms with Gasteiger partial charge in [-0.3, -0.25) is 0 Å². The van der Waals surface area contributed by atoms with Gasteiger partial charge in [-0.2, -0.15) is 0 Å². The van der Waals surface area contributed by atoms with Crippen LogP contribution in [0.1, 0.15) is 50.9 Å². The van der Waals surface area contributed by atoms with Gasteiger partial charge in [0.2, 0.25) is 0 Å². The zero-order valence-corrected chi connectivity index (χ0v) is 15.6. The Balaban J connectivity index is 2.25. The van der Waals surface area contributed by atoms with E-state index in [1.807, 2.05) is 24.3 Å². The summed E-state index contributed by atoms with van der Waals surface area (Å²) in [6, 6.07) is 14.2. The van der Waals surface area contributed by atoms with E-state index in [4.69, 9.17) is 9.97 Å². The Bertz CT molecular complexity index is 821. The zero-order chi connectivity index (χ0) is 18.8. The van der Waals surface area contributed by atoms with Crippen molar-refractivity contribution < 1.29 is 10.2 Å². The van der Waals surface area contributed by atoms with Crippen molar-refractivity contribution in [1.29, 1.82) is 0 Å². The molecule has 0 saturated carbocycles. The van der Waals surface area contributed by atoms with E-state index in [-0.39, 0.29) is 23.3 Å². The van der Waals surface area contributed by atoms with Gasteiger partial charge < -0.3 is 10.2 Å². The predicted octanol–water partition coefficient (Wildman–Crippen LogP) is 5.47. The summed E-state index contributed by atoms with van der Waals surface area (Å²) in [5.41, 5.74) is 5.43. The topological polar surface area (TPSA) is 66.2 Å². The fraction of sp³-hybridized carbons (Fsp3) is 0.273. The van der Waals surface area contributed by atoms with Gasteiger partial charge in [-0.15, -0.1) is 0 Å². The molecule has 0 aliphatic carbocycles. The molecule has 0 radical (unpaired) electrons. The lowest BCUT2D eigenvalue weighted by molar-refractivity contribution is 0.475. The summed E-state index contributed by atoms with van der Waals surface area (Å²) in [5.74, 6) is 0.863. The van der Waals surface area contributed by atoms with Crippen molar-refractivity contribution in [2.45, 2.75) is 39.5 Å². The Morgan fingerprint density at radius 1 is 0.577 bits per heavy atom. The lowest BCUT2D eigenvalue weighted by atomic mass is 9.97. The zero-order valence-electron chi connectivity index (χ0n) is 15.6. The van der Waals surface area contributed by atoms with Gasteiger partial charge in [0.1, 0.15) is 11.5 Å². The van der Waals surface area contributed by atoms with Crippen molar-refractivity contribution in [3.05, 3.63) is 59.9 Å². The van der Waals surface area contributed by atoms with E-state index in [2.05, 4.69) is 27.7 Å². The molecule has 134 valence electrons. The van der Waals surface area contributed by atoms with Crippen LogP contribution < -0.4 is 0 Å². The number of phenolic OH excluding ortho intramolecular Hbond substituents is 2. The van der Waals surface area contributed by atoms with Crippen LogP contribution >= 0.6 is 0 Å². The summed E-state index contributed by atoms with van der Waals surface area (Å²) in [6.07, 6.45) is 0. The average molecular weight is 348 g/mol. The van der Waals surface area contributed by atoms with E-state index >= 15 is 0 Å². The molecule has 26 heavy (non-hydrogen) atoms. The molecule has 0 aliphatic rings. The number of phenols is 2. The highest BCUT2D eigenvalue weighted by atomic mass is 16.3. The van der Waals surface area contributed by atoms with Gasteiger partial charge >= 0.3 is 0 Å². The maximum absolute atomic E-state index is 9.58. The summed E-state index contributed by atoms with van der Waals surface area (Å²) in [6.45, 7) is 8.40. The third-order valence-electron chi connectivity index (χ3n) is 4.32. The highest BCUT2D eigenvalue weighted by Gasteiger charge is 2.20. The lowest BCUT2D eigenvalue weighted by Crippen LogP contribution is -2.08. The number of nitrogens with zero attached hydrogens (tertiary/aromatic N) is 2. The molecule has 0 saturated heterocycles. The number of hydrogen-bond acceptors (Lipinski definition) is 4. The van der Waals surface area contributed by atoms with Gasteiger partial charge in [0, 0.05) is 11.1 Å². The van der Waals surface area contributed by atoms with Crippen LogP contribution in [0.4, 0.5) is 0 Å². The second-order valence-corrected chi connectivity index (χ2v) is 7.09. The third kappa shape index (κ3) is 3.54. The normalized spacial score (nSPS) is 11.3. The fourth-order valence-corrected chi connectivity index (χ4v) is 2.93. The number of rotatable bonds is 4. The van der Waals surface area contributed by atoms with Crippen molar-refractivity contribution in [2.75, 3.05) is 0 Å². The van der Waals surface area contributed by atoms with Crippen LogP contribution in [0.15, 0.2) is 48.5 Å². The van der Waals surface area contributed by atoms with E-state index < -0.39 is 0 Å². The number of benzene rings is 2. The minimum absolute atomic E-state index is 0.198. The molecule has 0 spiro atoms. The molecule has 0 atom stereocenters. The molecule has 0 amide bonds. The van der Waals surface area contributed by atoms with E-state index in [1.165, 1.54) is 0 Å². The van der Waals surface area contributed by atoms with Crippen molar-refractivity contribution in [1.82, 2.24) is 9.97 Å². The molecule has 0 fully saturated rings. The van der Waals surface area contributed by atoms with Crippen molar-refractivity contribution in [3.63, 3.8) is 0 Å².